The second kappa shape index (κ2) is 3.94. The molecule has 0 aromatic carbocycles. The number of carboxylic acid groups (broad SMARTS) is 1. The van der Waals surface area contributed by atoms with E-state index >= 15 is 0 Å². The first-order valence-corrected chi connectivity index (χ1v) is 5.77. The van der Waals surface area contributed by atoms with Crippen molar-refractivity contribution in [3.8, 4) is 5.88 Å². The van der Waals surface area contributed by atoms with Crippen molar-refractivity contribution in [2.45, 2.75) is 18.8 Å². The van der Waals surface area contributed by atoms with Crippen LogP contribution >= 0.6 is 0 Å². The largest absolute Gasteiger partial charge is 0.481 e. The van der Waals surface area contributed by atoms with Gasteiger partial charge in [-0.3, -0.25) is 4.98 Å². The van der Waals surface area contributed by atoms with Gasteiger partial charge < -0.3 is 9.84 Å². The molecular weight excluding hydrogens is 232 g/mol. The maximum Gasteiger partial charge on any atom is 0.337 e. The van der Waals surface area contributed by atoms with Crippen LogP contribution in [0.3, 0.4) is 0 Å². The van der Waals surface area contributed by atoms with E-state index in [0.29, 0.717) is 22.8 Å². The number of hydrogen-bond acceptors (Lipinski definition) is 4. The number of aromatic carboxylic acids is 1. The lowest BCUT2D eigenvalue weighted by atomic mass is 10.0. The van der Waals surface area contributed by atoms with E-state index in [4.69, 9.17) is 4.74 Å². The summed E-state index contributed by atoms with van der Waals surface area (Å²) in [5.41, 5.74) is 2.41. The van der Waals surface area contributed by atoms with Gasteiger partial charge in [-0.05, 0) is 30.4 Å². The van der Waals surface area contributed by atoms with Gasteiger partial charge in [-0.2, -0.15) is 0 Å². The first-order chi connectivity index (χ1) is 8.70. The van der Waals surface area contributed by atoms with Crippen molar-refractivity contribution >= 4 is 17.0 Å². The average molecular weight is 244 g/mol. The van der Waals surface area contributed by atoms with Crippen molar-refractivity contribution in [3.05, 3.63) is 29.5 Å². The van der Waals surface area contributed by atoms with E-state index in [-0.39, 0.29) is 5.56 Å². The van der Waals surface area contributed by atoms with E-state index in [2.05, 4.69) is 9.97 Å². The van der Waals surface area contributed by atoms with Crippen molar-refractivity contribution in [2.75, 3.05) is 7.11 Å². The van der Waals surface area contributed by atoms with Gasteiger partial charge in [0.1, 0.15) is 0 Å². The lowest BCUT2D eigenvalue weighted by molar-refractivity contribution is 0.0695. The van der Waals surface area contributed by atoms with Gasteiger partial charge in [0.25, 0.3) is 0 Å². The molecule has 0 bridgehead atoms. The average Bonchev–Trinajstić information content (AvgIpc) is 3.20. The predicted octanol–water partition coefficient (Wildman–Crippen LogP) is 2.21. The summed E-state index contributed by atoms with van der Waals surface area (Å²) < 4.78 is 5.09. The van der Waals surface area contributed by atoms with Gasteiger partial charge >= 0.3 is 5.97 Å². The highest BCUT2D eigenvalue weighted by molar-refractivity contribution is 5.95. The minimum absolute atomic E-state index is 0.255. The zero-order valence-corrected chi connectivity index (χ0v) is 9.88. The SMILES string of the molecule is COc1ccc2ncc(C(=O)O)c(C3CC3)c2n1. The van der Waals surface area contributed by atoms with Gasteiger partial charge in [-0.15, -0.1) is 0 Å². The van der Waals surface area contributed by atoms with Crippen LogP contribution in [0.15, 0.2) is 18.3 Å². The van der Waals surface area contributed by atoms with Crippen molar-refractivity contribution in [3.63, 3.8) is 0 Å². The zero-order chi connectivity index (χ0) is 12.7. The van der Waals surface area contributed by atoms with Crippen LogP contribution in [-0.2, 0) is 0 Å². The molecule has 0 unspecified atom stereocenters. The number of hydrogen-bond donors (Lipinski definition) is 1. The second-order valence-corrected chi connectivity index (χ2v) is 4.39. The minimum atomic E-state index is -0.948. The van der Waals surface area contributed by atoms with Gasteiger partial charge in [-0.1, -0.05) is 0 Å². The Kier molecular flexibility index (Phi) is 2.40. The number of carboxylic acids is 1. The summed E-state index contributed by atoms with van der Waals surface area (Å²) in [5, 5.41) is 9.23. The molecular formula is C13H12N2O3. The van der Waals surface area contributed by atoms with Crippen LogP contribution in [0.1, 0.15) is 34.7 Å². The number of rotatable bonds is 3. The van der Waals surface area contributed by atoms with Crippen LogP contribution in [0.4, 0.5) is 0 Å². The molecule has 1 aliphatic carbocycles. The summed E-state index contributed by atoms with van der Waals surface area (Å²) in [6.07, 6.45) is 3.45. The third kappa shape index (κ3) is 1.68. The molecule has 0 aliphatic heterocycles. The Morgan fingerprint density at radius 1 is 1.44 bits per heavy atom. The molecule has 0 radical (unpaired) electrons. The third-order valence-corrected chi connectivity index (χ3v) is 3.15. The van der Waals surface area contributed by atoms with Gasteiger partial charge in [0, 0.05) is 12.3 Å². The van der Waals surface area contributed by atoms with E-state index in [1.165, 1.54) is 6.20 Å². The summed E-state index contributed by atoms with van der Waals surface area (Å²) in [6, 6.07) is 3.53. The molecule has 3 rings (SSSR count). The first-order valence-electron chi connectivity index (χ1n) is 5.77. The number of methoxy groups -OCH3 is 1. The maximum absolute atomic E-state index is 11.3. The van der Waals surface area contributed by atoms with Gasteiger partial charge in [0.15, 0.2) is 0 Å². The van der Waals surface area contributed by atoms with Crippen LogP contribution < -0.4 is 4.74 Å². The quantitative estimate of drug-likeness (QED) is 0.896. The van der Waals surface area contributed by atoms with Crippen LogP contribution in [0.2, 0.25) is 0 Å². The highest BCUT2D eigenvalue weighted by Gasteiger charge is 2.31. The van der Waals surface area contributed by atoms with Crippen LogP contribution in [0.5, 0.6) is 5.88 Å². The van der Waals surface area contributed by atoms with Crippen molar-refractivity contribution in [1.29, 1.82) is 0 Å². The predicted molar refractivity (Wildman–Crippen MR) is 65.0 cm³/mol. The van der Waals surface area contributed by atoms with Gasteiger partial charge in [0.05, 0.1) is 23.7 Å². The number of fused-ring (bicyclic) bond motifs is 1. The van der Waals surface area contributed by atoms with E-state index < -0.39 is 5.97 Å². The van der Waals surface area contributed by atoms with Crippen molar-refractivity contribution in [2.24, 2.45) is 0 Å². The molecule has 0 saturated heterocycles. The molecule has 1 aliphatic rings. The minimum Gasteiger partial charge on any atom is -0.481 e. The molecule has 5 nitrogen and oxygen atoms in total. The molecule has 1 N–H and O–H groups in total. The fraction of sp³-hybridized carbons (Fsp3) is 0.308. The molecule has 92 valence electrons. The Morgan fingerprint density at radius 3 is 2.83 bits per heavy atom. The van der Waals surface area contributed by atoms with Gasteiger partial charge in [0.2, 0.25) is 5.88 Å². The second-order valence-electron chi connectivity index (χ2n) is 4.39. The Bertz CT molecular complexity index is 635. The molecule has 5 heteroatoms. The standard InChI is InChI=1S/C13H12N2O3/c1-18-10-5-4-9-12(15-10)11(7-2-3-7)8(6-14-9)13(16)17/h4-7H,2-3H2,1H3,(H,16,17). The fourth-order valence-electron chi connectivity index (χ4n) is 2.14. The number of ether oxygens (including phenoxy) is 1. The molecule has 18 heavy (non-hydrogen) atoms. The normalized spacial score (nSPS) is 14.7. The molecule has 2 heterocycles. The van der Waals surface area contributed by atoms with Crippen LogP contribution in [0.25, 0.3) is 11.0 Å². The van der Waals surface area contributed by atoms with E-state index in [1.807, 2.05) is 0 Å². The zero-order valence-electron chi connectivity index (χ0n) is 9.88. The van der Waals surface area contributed by atoms with Crippen LogP contribution in [0, 0.1) is 0 Å². The molecule has 0 atom stereocenters. The molecule has 0 amide bonds. The molecule has 1 fully saturated rings. The summed E-state index contributed by atoms with van der Waals surface area (Å²) in [6.45, 7) is 0. The maximum atomic E-state index is 11.3. The summed E-state index contributed by atoms with van der Waals surface area (Å²) in [5.74, 6) is -0.175. The number of aromatic nitrogens is 2. The summed E-state index contributed by atoms with van der Waals surface area (Å²) >= 11 is 0. The molecule has 0 spiro atoms. The topological polar surface area (TPSA) is 72.3 Å². The summed E-state index contributed by atoms with van der Waals surface area (Å²) in [7, 11) is 1.54. The lowest BCUT2D eigenvalue weighted by Gasteiger charge is -2.09. The molecule has 2 aromatic rings. The van der Waals surface area contributed by atoms with Crippen molar-refractivity contribution < 1.29 is 14.6 Å². The molecule has 1 saturated carbocycles. The molecule has 2 aromatic heterocycles. The van der Waals surface area contributed by atoms with Crippen molar-refractivity contribution in [1.82, 2.24) is 9.97 Å². The third-order valence-electron chi connectivity index (χ3n) is 3.15. The first kappa shape index (κ1) is 11.0. The smallest absolute Gasteiger partial charge is 0.337 e. The lowest BCUT2D eigenvalue weighted by Crippen LogP contribution is -2.05. The number of carbonyl (C=O) groups is 1. The van der Waals surface area contributed by atoms with E-state index in [0.717, 1.165) is 18.4 Å². The highest BCUT2D eigenvalue weighted by atomic mass is 16.5. The number of pyridine rings is 2. The fourth-order valence-corrected chi connectivity index (χ4v) is 2.14. The van der Waals surface area contributed by atoms with E-state index in [1.54, 1.807) is 19.2 Å². The monoisotopic (exact) mass is 244 g/mol. The number of nitrogens with zero attached hydrogens (tertiary/aromatic N) is 2. The Balaban J connectivity index is 2.31. The Labute approximate surface area is 103 Å². The van der Waals surface area contributed by atoms with E-state index in [9.17, 15) is 9.90 Å². The summed E-state index contributed by atoms with van der Waals surface area (Å²) in [4.78, 5) is 19.8. The highest BCUT2D eigenvalue weighted by Crippen LogP contribution is 2.44. The van der Waals surface area contributed by atoms with Crippen LogP contribution in [-0.4, -0.2) is 28.2 Å². The Hall–Kier alpha value is -2.17. The Morgan fingerprint density at radius 2 is 2.22 bits per heavy atom. The van der Waals surface area contributed by atoms with Gasteiger partial charge in [-0.25, -0.2) is 9.78 Å².